The normalized spacial score (nSPS) is 10.7. The van der Waals surface area contributed by atoms with Crippen LogP contribution < -0.4 is 5.32 Å². The van der Waals surface area contributed by atoms with Gasteiger partial charge in [0.1, 0.15) is 11.6 Å². The van der Waals surface area contributed by atoms with Gasteiger partial charge in [-0.25, -0.2) is 4.79 Å². The molecule has 7 heteroatoms. The van der Waals surface area contributed by atoms with Crippen LogP contribution in [0.25, 0.3) is 0 Å². The molecule has 0 unspecified atom stereocenters. The molecule has 0 aliphatic heterocycles. The average Bonchev–Trinajstić information content (AvgIpc) is 2.69. The highest BCUT2D eigenvalue weighted by Crippen LogP contribution is 2.12. The van der Waals surface area contributed by atoms with Crippen molar-refractivity contribution < 1.29 is 14.7 Å². The predicted octanol–water partition coefficient (Wildman–Crippen LogP) is 2.69. The van der Waals surface area contributed by atoms with Crippen LogP contribution in [0, 0.1) is 11.3 Å². The summed E-state index contributed by atoms with van der Waals surface area (Å²) in [4.78, 5) is 29.2. The van der Waals surface area contributed by atoms with Crippen molar-refractivity contribution in [2.24, 2.45) is 0 Å². The van der Waals surface area contributed by atoms with Crippen molar-refractivity contribution in [3.05, 3.63) is 71.7 Å². The summed E-state index contributed by atoms with van der Waals surface area (Å²) in [5.74, 6) is -1.67. The minimum absolute atomic E-state index is 0.0488. The van der Waals surface area contributed by atoms with Crippen molar-refractivity contribution in [3.8, 4) is 6.07 Å². The molecule has 0 aliphatic rings. The molecule has 0 saturated heterocycles. The number of likely N-dealkylation sites (N-methyl/N-ethyl adjacent to an activating group) is 1. The van der Waals surface area contributed by atoms with Gasteiger partial charge >= 0.3 is 5.97 Å². The number of pyridine rings is 1. The number of carboxylic acids is 1. The number of rotatable bonds is 8. The molecule has 0 bridgehead atoms. The summed E-state index contributed by atoms with van der Waals surface area (Å²) < 4.78 is 0. The lowest BCUT2D eigenvalue weighted by atomic mass is 10.2. The van der Waals surface area contributed by atoms with Crippen LogP contribution in [0.3, 0.4) is 0 Å². The van der Waals surface area contributed by atoms with E-state index in [2.05, 4.69) is 10.3 Å². The molecule has 2 N–H and O–H groups in total. The van der Waals surface area contributed by atoms with E-state index in [1.54, 1.807) is 18.5 Å². The molecule has 1 amide bonds. The second-order valence-corrected chi connectivity index (χ2v) is 5.73. The zero-order valence-electron chi connectivity index (χ0n) is 14.9. The van der Waals surface area contributed by atoms with Gasteiger partial charge < -0.3 is 15.3 Å². The first kappa shape index (κ1) is 19.7. The van der Waals surface area contributed by atoms with E-state index in [4.69, 9.17) is 5.11 Å². The number of nitrogens with one attached hydrogen (secondary N) is 1. The molecule has 1 heterocycles. The Bertz CT molecular complexity index is 872. The lowest BCUT2D eigenvalue weighted by Crippen LogP contribution is -2.23. The van der Waals surface area contributed by atoms with Gasteiger partial charge in [0, 0.05) is 37.4 Å². The fourth-order valence-electron chi connectivity index (χ4n) is 2.39. The second kappa shape index (κ2) is 9.73. The monoisotopic (exact) mass is 364 g/mol. The molecule has 2 aromatic rings. The second-order valence-electron chi connectivity index (χ2n) is 5.73. The van der Waals surface area contributed by atoms with Crippen LogP contribution in [-0.2, 0) is 11.2 Å². The molecule has 1 aromatic carbocycles. The molecule has 0 saturated carbocycles. The first-order chi connectivity index (χ1) is 13.0. The Morgan fingerprint density at radius 2 is 2.04 bits per heavy atom. The Kier molecular flexibility index (Phi) is 7.08. The Balaban J connectivity index is 2.06. The third-order valence-electron chi connectivity index (χ3n) is 3.89. The summed E-state index contributed by atoms with van der Waals surface area (Å²) in [6, 6.07) is 11.6. The molecule has 2 rings (SSSR count). The summed E-state index contributed by atoms with van der Waals surface area (Å²) in [6.45, 7) is 3.22. The van der Waals surface area contributed by atoms with Crippen LogP contribution >= 0.6 is 0 Å². The van der Waals surface area contributed by atoms with Crippen LogP contribution in [0.5, 0.6) is 0 Å². The number of carbonyl (C=O) groups is 2. The molecular weight excluding hydrogens is 344 g/mol. The first-order valence-corrected chi connectivity index (χ1v) is 8.43. The highest BCUT2D eigenvalue weighted by molar-refractivity contribution is 6.06. The van der Waals surface area contributed by atoms with Crippen LogP contribution in [0.1, 0.15) is 22.8 Å². The Morgan fingerprint density at radius 1 is 1.30 bits per heavy atom. The van der Waals surface area contributed by atoms with Gasteiger partial charge in [0.25, 0.3) is 5.91 Å². The van der Waals surface area contributed by atoms with E-state index in [-0.39, 0.29) is 11.1 Å². The smallest absolute Gasteiger partial charge is 0.335 e. The summed E-state index contributed by atoms with van der Waals surface area (Å²) >= 11 is 0. The number of carboxylic acid groups (broad SMARTS) is 1. The highest BCUT2D eigenvalue weighted by atomic mass is 16.4. The third kappa shape index (κ3) is 5.97. The largest absolute Gasteiger partial charge is 0.478 e. The van der Waals surface area contributed by atoms with Crippen LogP contribution in [0.4, 0.5) is 5.69 Å². The molecule has 27 heavy (non-hydrogen) atoms. The maximum Gasteiger partial charge on any atom is 0.335 e. The predicted molar refractivity (Wildman–Crippen MR) is 101 cm³/mol. The van der Waals surface area contributed by atoms with Crippen molar-refractivity contribution in [1.82, 2.24) is 9.88 Å². The van der Waals surface area contributed by atoms with Crippen molar-refractivity contribution in [1.29, 1.82) is 5.26 Å². The molecule has 0 aliphatic carbocycles. The SMILES string of the molecule is CCN(/C=C(/C#N)C(=O)Nc1cccc(C(=O)O)c1)CCc1ccncc1. The van der Waals surface area contributed by atoms with Gasteiger partial charge in [-0.1, -0.05) is 6.07 Å². The zero-order chi connectivity index (χ0) is 19.6. The number of benzene rings is 1. The van der Waals surface area contributed by atoms with Crippen molar-refractivity contribution in [2.45, 2.75) is 13.3 Å². The highest BCUT2D eigenvalue weighted by Gasteiger charge is 2.12. The molecule has 138 valence electrons. The summed E-state index contributed by atoms with van der Waals surface area (Å²) in [5, 5.41) is 20.9. The van der Waals surface area contributed by atoms with Crippen LogP contribution in [0.2, 0.25) is 0 Å². The van der Waals surface area contributed by atoms with Gasteiger partial charge in [-0.2, -0.15) is 5.26 Å². The zero-order valence-corrected chi connectivity index (χ0v) is 14.9. The van der Waals surface area contributed by atoms with Crippen LogP contribution in [0.15, 0.2) is 60.6 Å². The van der Waals surface area contributed by atoms with Gasteiger partial charge in [-0.05, 0) is 49.2 Å². The summed E-state index contributed by atoms with van der Waals surface area (Å²) in [5.41, 5.74) is 1.45. The fourth-order valence-corrected chi connectivity index (χ4v) is 2.39. The van der Waals surface area contributed by atoms with Crippen molar-refractivity contribution in [3.63, 3.8) is 0 Å². The first-order valence-electron chi connectivity index (χ1n) is 8.43. The van der Waals surface area contributed by atoms with Crippen molar-refractivity contribution in [2.75, 3.05) is 18.4 Å². The molecule has 0 fully saturated rings. The van der Waals surface area contributed by atoms with Gasteiger partial charge in [0.05, 0.1) is 5.56 Å². The van der Waals surface area contributed by atoms with Gasteiger partial charge in [-0.15, -0.1) is 0 Å². The van der Waals surface area contributed by atoms with E-state index in [0.717, 1.165) is 12.0 Å². The lowest BCUT2D eigenvalue weighted by molar-refractivity contribution is -0.112. The molecule has 0 atom stereocenters. The maximum absolute atomic E-state index is 12.4. The van der Waals surface area contributed by atoms with E-state index in [1.165, 1.54) is 24.4 Å². The van der Waals surface area contributed by atoms with Crippen molar-refractivity contribution >= 4 is 17.6 Å². The summed E-state index contributed by atoms with van der Waals surface area (Å²) in [7, 11) is 0. The number of nitriles is 1. The minimum atomic E-state index is -1.09. The van der Waals surface area contributed by atoms with Gasteiger partial charge in [0.15, 0.2) is 0 Å². The molecule has 0 radical (unpaired) electrons. The number of amides is 1. The number of carbonyl (C=O) groups excluding carboxylic acids is 1. The number of hydrogen-bond donors (Lipinski definition) is 2. The van der Waals surface area contributed by atoms with Crippen LogP contribution in [-0.4, -0.2) is 40.0 Å². The van der Waals surface area contributed by atoms with E-state index in [1.807, 2.05) is 30.0 Å². The quantitative estimate of drug-likeness (QED) is 0.551. The molecular formula is C20H20N4O3. The fraction of sp³-hybridized carbons (Fsp3) is 0.200. The van der Waals surface area contributed by atoms with E-state index < -0.39 is 11.9 Å². The standard InChI is InChI=1S/C20H20N4O3/c1-2-24(11-8-15-6-9-22-10-7-15)14-17(13-21)19(25)23-18-5-3-4-16(12-18)20(26)27/h3-7,9-10,12,14H,2,8,11H2,1H3,(H,23,25)(H,26,27)/b17-14-. The van der Waals surface area contributed by atoms with Gasteiger partial charge in [0.2, 0.25) is 0 Å². The Morgan fingerprint density at radius 3 is 2.67 bits per heavy atom. The third-order valence-corrected chi connectivity index (χ3v) is 3.89. The van der Waals surface area contributed by atoms with E-state index >= 15 is 0 Å². The minimum Gasteiger partial charge on any atom is -0.478 e. The Hall–Kier alpha value is -3.66. The van der Waals surface area contributed by atoms with Gasteiger partial charge in [-0.3, -0.25) is 9.78 Å². The number of anilines is 1. The topological polar surface area (TPSA) is 106 Å². The van der Waals surface area contributed by atoms with E-state index in [0.29, 0.717) is 18.8 Å². The lowest BCUT2D eigenvalue weighted by Gasteiger charge is -2.18. The number of aromatic nitrogens is 1. The number of nitrogens with zero attached hydrogens (tertiary/aromatic N) is 3. The molecule has 7 nitrogen and oxygen atoms in total. The van der Waals surface area contributed by atoms with E-state index in [9.17, 15) is 14.9 Å². The number of hydrogen-bond acceptors (Lipinski definition) is 5. The Labute approximate surface area is 157 Å². The maximum atomic E-state index is 12.4. The number of aromatic carboxylic acids is 1. The average molecular weight is 364 g/mol. The molecule has 1 aromatic heterocycles. The molecule has 0 spiro atoms. The summed E-state index contributed by atoms with van der Waals surface area (Å²) in [6.07, 6.45) is 5.73.